The van der Waals surface area contributed by atoms with Crippen molar-refractivity contribution in [3.63, 3.8) is 0 Å². The van der Waals surface area contributed by atoms with Gasteiger partial charge in [-0.2, -0.15) is 13.2 Å². The number of Topliss-reactive ketones (excluding diaryl/α,β-unsaturated/α-hetero) is 1. The maximum Gasteiger partial charge on any atom is 0.416 e. The predicted octanol–water partition coefficient (Wildman–Crippen LogP) is 5.64. The summed E-state index contributed by atoms with van der Waals surface area (Å²) in [7, 11) is 0. The molecule has 4 heteroatoms. The van der Waals surface area contributed by atoms with Gasteiger partial charge in [-0.3, -0.25) is 4.79 Å². The van der Waals surface area contributed by atoms with Gasteiger partial charge in [0.15, 0.2) is 5.78 Å². The molecule has 0 aliphatic heterocycles. The molecule has 0 fully saturated rings. The average molecular weight is 286 g/mol. The van der Waals surface area contributed by atoms with Gasteiger partial charge in [0.25, 0.3) is 0 Å². The average Bonchev–Trinajstić information content (AvgIpc) is 2.41. The monoisotopic (exact) mass is 286 g/mol. The number of benzene rings is 1. The maximum absolute atomic E-state index is 12.5. The molecule has 0 saturated heterocycles. The highest BCUT2D eigenvalue weighted by atomic mass is 19.4. The van der Waals surface area contributed by atoms with E-state index in [4.69, 9.17) is 0 Å². The molecule has 0 amide bonds. The molecule has 0 saturated carbocycles. The highest BCUT2D eigenvalue weighted by molar-refractivity contribution is 5.96. The normalized spacial score (nSPS) is 11.6. The number of hydrogen-bond donors (Lipinski definition) is 0. The van der Waals surface area contributed by atoms with Gasteiger partial charge in [0, 0.05) is 12.0 Å². The van der Waals surface area contributed by atoms with E-state index in [2.05, 4.69) is 6.92 Å². The zero-order valence-electron chi connectivity index (χ0n) is 11.8. The number of rotatable bonds is 8. The number of ketones is 1. The van der Waals surface area contributed by atoms with Gasteiger partial charge in [-0.15, -0.1) is 0 Å². The third-order valence-electron chi connectivity index (χ3n) is 3.27. The molecule has 112 valence electrons. The first-order valence-corrected chi connectivity index (χ1v) is 7.15. The van der Waals surface area contributed by atoms with Gasteiger partial charge >= 0.3 is 6.18 Å². The topological polar surface area (TPSA) is 17.1 Å². The fourth-order valence-electron chi connectivity index (χ4n) is 2.08. The van der Waals surface area contributed by atoms with Crippen LogP contribution in [0.25, 0.3) is 0 Å². The van der Waals surface area contributed by atoms with Gasteiger partial charge < -0.3 is 0 Å². The van der Waals surface area contributed by atoms with Gasteiger partial charge in [0.05, 0.1) is 5.56 Å². The lowest BCUT2D eigenvalue weighted by Crippen LogP contribution is -2.07. The van der Waals surface area contributed by atoms with Crippen LogP contribution in [0.2, 0.25) is 0 Å². The van der Waals surface area contributed by atoms with Crippen LogP contribution in [0.4, 0.5) is 13.2 Å². The third-order valence-corrected chi connectivity index (χ3v) is 3.27. The van der Waals surface area contributed by atoms with Gasteiger partial charge in [-0.05, 0) is 18.6 Å². The minimum atomic E-state index is -4.39. The van der Waals surface area contributed by atoms with Gasteiger partial charge in [-0.1, -0.05) is 51.2 Å². The summed E-state index contributed by atoms with van der Waals surface area (Å²) in [5, 5.41) is 0. The van der Waals surface area contributed by atoms with E-state index in [1.54, 1.807) is 0 Å². The van der Waals surface area contributed by atoms with E-state index in [0.717, 1.165) is 37.8 Å². The Kier molecular flexibility index (Phi) is 6.76. The van der Waals surface area contributed by atoms with E-state index in [0.29, 0.717) is 6.42 Å². The Morgan fingerprint density at radius 2 is 1.70 bits per heavy atom. The largest absolute Gasteiger partial charge is 0.416 e. The van der Waals surface area contributed by atoms with Crippen LogP contribution in [0.5, 0.6) is 0 Å². The molecule has 0 radical (unpaired) electrons. The van der Waals surface area contributed by atoms with Crippen molar-refractivity contribution in [2.24, 2.45) is 0 Å². The quantitative estimate of drug-likeness (QED) is 0.446. The minimum absolute atomic E-state index is 0.161. The van der Waals surface area contributed by atoms with Crippen molar-refractivity contribution in [2.45, 2.75) is 58.0 Å². The summed E-state index contributed by atoms with van der Waals surface area (Å²) >= 11 is 0. The second-order valence-electron chi connectivity index (χ2n) is 5.02. The number of carbonyl (C=O) groups excluding carboxylic acids is 1. The second-order valence-corrected chi connectivity index (χ2v) is 5.02. The number of alkyl halides is 3. The SMILES string of the molecule is CCCCCCCCC(=O)c1cccc(C(F)(F)F)c1. The molecule has 0 heterocycles. The van der Waals surface area contributed by atoms with Crippen molar-refractivity contribution in [3.8, 4) is 0 Å². The van der Waals surface area contributed by atoms with Crippen LogP contribution in [0.3, 0.4) is 0 Å². The van der Waals surface area contributed by atoms with Crippen LogP contribution in [0.1, 0.15) is 67.8 Å². The van der Waals surface area contributed by atoms with Crippen molar-refractivity contribution in [1.29, 1.82) is 0 Å². The molecule has 1 aromatic carbocycles. The molecule has 0 atom stereocenters. The van der Waals surface area contributed by atoms with Crippen molar-refractivity contribution >= 4 is 5.78 Å². The van der Waals surface area contributed by atoms with Crippen molar-refractivity contribution in [2.75, 3.05) is 0 Å². The molecule has 1 aromatic rings. The van der Waals surface area contributed by atoms with E-state index in [-0.39, 0.29) is 11.3 Å². The third kappa shape index (κ3) is 5.76. The van der Waals surface area contributed by atoms with Crippen LogP contribution in [0.15, 0.2) is 24.3 Å². The first kappa shape index (κ1) is 16.7. The standard InChI is InChI=1S/C16H21F3O/c1-2-3-4-5-6-7-11-15(20)13-9-8-10-14(12-13)16(17,18)19/h8-10,12H,2-7,11H2,1H3. The molecule has 0 unspecified atom stereocenters. The molecular formula is C16H21F3O. The summed E-state index contributed by atoms with van der Waals surface area (Å²) in [5.41, 5.74) is -0.598. The zero-order valence-corrected chi connectivity index (χ0v) is 11.8. The summed E-state index contributed by atoms with van der Waals surface area (Å²) in [6, 6.07) is 4.67. The van der Waals surface area contributed by atoms with Gasteiger partial charge in [0.1, 0.15) is 0 Å². The summed E-state index contributed by atoms with van der Waals surface area (Å²) in [5.74, 6) is -0.202. The molecule has 0 aromatic heterocycles. The predicted molar refractivity (Wildman–Crippen MR) is 73.8 cm³/mol. The molecular weight excluding hydrogens is 265 g/mol. The van der Waals surface area contributed by atoms with Crippen LogP contribution < -0.4 is 0 Å². The molecule has 0 aliphatic rings. The van der Waals surface area contributed by atoms with Crippen molar-refractivity contribution < 1.29 is 18.0 Å². The maximum atomic E-state index is 12.5. The van der Waals surface area contributed by atoms with Gasteiger partial charge in [0.2, 0.25) is 0 Å². The van der Waals surface area contributed by atoms with E-state index in [1.807, 2.05) is 0 Å². The number of unbranched alkanes of at least 4 members (excludes halogenated alkanes) is 5. The molecule has 1 nitrogen and oxygen atoms in total. The Morgan fingerprint density at radius 3 is 2.35 bits per heavy atom. The molecule has 20 heavy (non-hydrogen) atoms. The second kappa shape index (κ2) is 8.08. The Balaban J connectivity index is 2.44. The molecule has 0 N–H and O–H groups in total. The van der Waals surface area contributed by atoms with Gasteiger partial charge in [-0.25, -0.2) is 0 Å². The summed E-state index contributed by atoms with van der Waals surface area (Å²) in [6.07, 6.45) is 2.26. The zero-order chi connectivity index (χ0) is 15.0. The Hall–Kier alpha value is -1.32. The summed E-state index contributed by atoms with van der Waals surface area (Å²) in [4.78, 5) is 11.8. The number of carbonyl (C=O) groups is 1. The molecule has 0 bridgehead atoms. The molecule has 1 rings (SSSR count). The summed E-state index contributed by atoms with van der Waals surface area (Å²) < 4.78 is 37.6. The number of halogens is 3. The Labute approximate surface area is 118 Å². The molecule has 0 aliphatic carbocycles. The van der Waals surface area contributed by atoms with Crippen LogP contribution in [-0.4, -0.2) is 5.78 Å². The highest BCUT2D eigenvalue weighted by Gasteiger charge is 2.30. The van der Waals surface area contributed by atoms with E-state index in [9.17, 15) is 18.0 Å². The lowest BCUT2D eigenvalue weighted by atomic mass is 10.0. The first-order valence-electron chi connectivity index (χ1n) is 7.15. The van der Waals surface area contributed by atoms with Crippen molar-refractivity contribution in [3.05, 3.63) is 35.4 Å². The minimum Gasteiger partial charge on any atom is -0.294 e. The fourth-order valence-corrected chi connectivity index (χ4v) is 2.08. The van der Waals surface area contributed by atoms with Crippen LogP contribution in [-0.2, 0) is 6.18 Å². The number of hydrogen-bond acceptors (Lipinski definition) is 1. The lowest BCUT2D eigenvalue weighted by molar-refractivity contribution is -0.137. The van der Waals surface area contributed by atoms with Crippen molar-refractivity contribution in [1.82, 2.24) is 0 Å². The van der Waals surface area contributed by atoms with Crippen LogP contribution >= 0.6 is 0 Å². The van der Waals surface area contributed by atoms with E-state index >= 15 is 0 Å². The first-order chi connectivity index (χ1) is 9.45. The molecule has 0 spiro atoms. The lowest BCUT2D eigenvalue weighted by Gasteiger charge is -2.08. The Morgan fingerprint density at radius 1 is 1.05 bits per heavy atom. The van der Waals surface area contributed by atoms with Crippen LogP contribution in [0, 0.1) is 0 Å². The van der Waals surface area contributed by atoms with E-state index in [1.165, 1.54) is 25.0 Å². The highest BCUT2D eigenvalue weighted by Crippen LogP contribution is 2.29. The summed E-state index contributed by atoms with van der Waals surface area (Å²) in [6.45, 7) is 2.14. The Bertz CT molecular complexity index is 424. The smallest absolute Gasteiger partial charge is 0.294 e. The van der Waals surface area contributed by atoms with E-state index < -0.39 is 11.7 Å². The fraction of sp³-hybridized carbons (Fsp3) is 0.562.